The third-order valence-electron chi connectivity index (χ3n) is 2.22. The van der Waals surface area contributed by atoms with Gasteiger partial charge in [-0.1, -0.05) is 19.1 Å². The highest BCUT2D eigenvalue weighted by Gasteiger charge is 1.94. The molecule has 0 aliphatic heterocycles. The van der Waals surface area contributed by atoms with E-state index in [1.165, 1.54) is 5.56 Å². The highest BCUT2D eigenvalue weighted by molar-refractivity contribution is 5.81. The van der Waals surface area contributed by atoms with Crippen LogP contribution in [0.5, 0.6) is 0 Å². The summed E-state index contributed by atoms with van der Waals surface area (Å²) in [6.07, 6.45) is 2.78. The molecule has 1 aromatic heterocycles. The number of aromatic amines is 1. The second-order valence-electron chi connectivity index (χ2n) is 3.11. The number of H-pyrrole nitrogens is 1. The summed E-state index contributed by atoms with van der Waals surface area (Å²) in [5.41, 5.74) is 1.25. The van der Waals surface area contributed by atoms with Crippen molar-refractivity contribution in [3.63, 3.8) is 0 Å². The molecule has 0 atom stereocenters. The molecule has 0 amide bonds. The third-order valence-corrected chi connectivity index (χ3v) is 2.22. The number of aromatic nitrogens is 1. The third kappa shape index (κ3) is 1.47. The van der Waals surface area contributed by atoms with Crippen molar-refractivity contribution >= 4 is 10.8 Å². The van der Waals surface area contributed by atoms with Gasteiger partial charge in [-0.15, -0.1) is 0 Å². The van der Waals surface area contributed by atoms with Crippen LogP contribution in [0.3, 0.4) is 0 Å². The molecule has 66 valence electrons. The Morgan fingerprint density at radius 2 is 2.08 bits per heavy atom. The van der Waals surface area contributed by atoms with Crippen molar-refractivity contribution in [1.29, 1.82) is 0 Å². The topological polar surface area (TPSA) is 32.9 Å². The molecule has 0 aliphatic rings. The van der Waals surface area contributed by atoms with Crippen molar-refractivity contribution < 1.29 is 0 Å². The maximum absolute atomic E-state index is 11.0. The van der Waals surface area contributed by atoms with Gasteiger partial charge in [0.05, 0.1) is 0 Å². The van der Waals surface area contributed by atoms with Crippen LogP contribution in [0.2, 0.25) is 0 Å². The van der Waals surface area contributed by atoms with Gasteiger partial charge in [0, 0.05) is 12.3 Å². The number of hydrogen-bond donors (Lipinski definition) is 1. The molecule has 0 fully saturated rings. The summed E-state index contributed by atoms with van der Waals surface area (Å²) < 4.78 is 0. The molecular formula is C11H11NO. The molecule has 1 aromatic carbocycles. The Labute approximate surface area is 76.2 Å². The van der Waals surface area contributed by atoms with Crippen molar-refractivity contribution in [2.75, 3.05) is 0 Å². The van der Waals surface area contributed by atoms with Gasteiger partial charge in [0.25, 0.3) is 0 Å². The van der Waals surface area contributed by atoms with Gasteiger partial charge in [0.15, 0.2) is 0 Å². The van der Waals surface area contributed by atoms with Crippen molar-refractivity contribution in [2.24, 2.45) is 0 Å². The van der Waals surface area contributed by atoms with Crippen molar-refractivity contribution in [2.45, 2.75) is 13.3 Å². The normalized spacial score (nSPS) is 10.5. The number of fused-ring (bicyclic) bond motifs is 1. The second-order valence-corrected chi connectivity index (χ2v) is 3.11. The minimum Gasteiger partial charge on any atom is -0.328 e. The molecule has 2 heteroatoms. The van der Waals surface area contributed by atoms with Gasteiger partial charge in [-0.3, -0.25) is 4.79 Å². The first-order valence-corrected chi connectivity index (χ1v) is 4.41. The van der Waals surface area contributed by atoms with E-state index in [-0.39, 0.29) is 5.56 Å². The second kappa shape index (κ2) is 3.05. The zero-order valence-electron chi connectivity index (χ0n) is 7.50. The van der Waals surface area contributed by atoms with Crippen LogP contribution in [0.1, 0.15) is 12.5 Å². The molecular weight excluding hydrogens is 162 g/mol. The van der Waals surface area contributed by atoms with E-state index in [1.54, 1.807) is 12.3 Å². The van der Waals surface area contributed by atoms with Crippen LogP contribution in [-0.2, 0) is 6.42 Å². The van der Waals surface area contributed by atoms with Crippen molar-refractivity contribution in [1.82, 2.24) is 4.98 Å². The summed E-state index contributed by atoms with van der Waals surface area (Å²) in [4.78, 5) is 13.7. The summed E-state index contributed by atoms with van der Waals surface area (Å²) in [6, 6.07) is 7.77. The molecule has 0 spiro atoms. The molecule has 1 N–H and O–H groups in total. The number of benzene rings is 1. The maximum Gasteiger partial charge on any atom is 0.248 e. The van der Waals surface area contributed by atoms with Crippen LogP contribution in [0.4, 0.5) is 0 Å². The Hall–Kier alpha value is -1.57. The minimum atomic E-state index is -0.0447. The van der Waals surface area contributed by atoms with Crippen molar-refractivity contribution in [3.05, 3.63) is 46.4 Å². The first-order chi connectivity index (χ1) is 6.29. The molecule has 2 aromatic rings. The van der Waals surface area contributed by atoms with Gasteiger partial charge in [-0.05, 0) is 28.8 Å². The van der Waals surface area contributed by atoms with E-state index in [2.05, 4.69) is 24.0 Å². The highest BCUT2D eigenvalue weighted by Crippen LogP contribution is 2.13. The van der Waals surface area contributed by atoms with Crippen LogP contribution >= 0.6 is 0 Å². The Morgan fingerprint density at radius 1 is 1.23 bits per heavy atom. The summed E-state index contributed by atoms with van der Waals surface area (Å²) in [5, 5.41) is 2.10. The van der Waals surface area contributed by atoms with Gasteiger partial charge >= 0.3 is 0 Å². The van der Waals surface area contributed by atoms with Crippen LogP contribution in [0.15, 0.2) is 35.3 Å². The molecule has 0 saturated heterocycles. The Kier molecular flexibility index (Phi) is 1.89. The fraction of sp³-hybridized carbons (Fsp3) is 0.182. The van der Waals surface area contributed by atoms with Gasteiger partial charge in [0.2, 0.25) is 5.56 Å². The summed E-state index contributed by atoms with van der Waals surface area (Å²) in [7, 11) is 0. The lowest BCUT2D eigenvalue weighted by Gasteiger charge is -1.99. The lowest BCUT2D eigenvalue weighted by molar-refractivity contribution is 1.14. The number of pyridine rings is 1. The average Bonchev–Trinajstić information content (AvgIpc) is 2.17. The smallest absolute Gasteiger partial charge is 0.248 e. The molecule has 2 rings (SSSR count). The molecule has 0 radical (unpaired) electrons. The monoisotopic (exact) mass is 173 g/mol. The number of aryl methyl sites for hydroxylation is 1. The zero-order chi connectivity index (χ0) is 9.26. The van der Waals surface area contributed by atoms with Crippen LogP contribution in [0, 0.1) is 0 Å². The van der Waals surface area contributed by atoms with Gasteiger partial charge in [-0.25, -0.2) is 0 Å². The van der Waals surface area contributed by atoms with Gasteiger partial charge < -0.3 is 4.98 Å². The largest absolute Gasteiger partial charge is 0.328 e. The summed E-state index contributed by atoms with van der Waals surface area (Å²) in [6.45, 7) is 2.12. The Morgan fingerprint density at radius 3 is 2.85 bits per heavy atom. The van der Waals surface area contributed by atoms with E-state index >= 15 is 0 Å². The molecule has 2 nitrogen and oxygen atoms in total. The molecule has 0 saturated carbocycles. The van der Waals surface area contributed by atoms with E-state index < -0.39 is 0 Å². The van der Waals surface area contributed by atoms with Crippen LogP contribution in [0.25, 0.3) is 10.8 Å². The molecule has 13 heavy (non-hydrogen) atoms. The molecule has 0 unspecified atom stereocenters. The minimum absolute atomic E-state index is 0.0447. The first-order valence-electron chi connectivity index (χ1n) is 4.41. The summed E-state index contributed by atoms with van der Waals surface area (Å²) >= 11 is 0. The highest BCUT2D eigenvalue weighted by atomic mass is 16.1. The molecule has 0 bridgehead atoms. The van der Waals surface area contributed by atoms with E-state index in [1.807, 2.05) is 6.07 Å². The van der Waals surface area contributed by atoms with E-state index in [0.29, 0.717) is 0 Å². The fourth-order valence-electron chi connectivity index (χ4n) is 1.43. The lowest BCUT2D eigenvalue weighted by atomic mass is 10.1. The lowest BCUT2D eigenvalue weighted by Crippen LogP contribution is -2.01. The van der Waals surface area contributed by atoms with Crippen LogP contribution < -0.4 is 5.56 Å². The van der Waals surface area contributed by atoms with E-state index in [0.717, 1.165) is 17.2 Å². The van der Waals surface area contributed by atoms with Crippen molar-refractivity contribution in [3.8, 4) is 0 Å². The first kappa shape index (κ1) is 8.05. The standard InChI is InChI=1S/C11H11NO/c1-2-8-3-4-9-6-11(13)12-7-10(9)5-8/h3-7H,2H2,1H3,(H,12,13). The van der Waals surface area contributed by atoms with Gasteiger partial charge in [-0.2, -0.15) is 0 Å². The molecule has 0 aliphatic carbocycles. The number of hydrogen-bond acceptors (Lipinski definition) is 1. The maximum atomic E-state index is 11.0. The number of rotatable bonds is 1. The average molecular weight is 173 g/mol. The predicted octanol–water partition coefficient (Wildman–Crippen LogP) is 2.09. The fourth-order valence-corrected chi connectivity index (χ4v) is 1.43. The molecule has 1 heterocycles. The van der Waals surface area contributed by atoms with E-state index in [9.17, 15) is 4.79 Å². The quantitative estimate of drug-likeness (QED) is 0.703. The van der Waals surface area contributed by atoms with Crippen LogP contribution in [-0.4, -0.2) is 4.98 Å². The summed E-state index contributed by atoms with van der Waals surface area (Å²) in [5.74, 6) is 0. The Balaban J connectivity index is 2.73. The number of nitrogens with one attached hydrogen (secondary N) is 1. The van der Waals surface area contributed by atoms with E-state index in [4.69, 9.17) is 0 Å². The zero-order valence-corrected chi connectivity index (χ0v) is 7.50. The van der Waals surface area contributed by atoms with Gasteiger partial charge in [0.1, 0.15) is 0 Å². The predicted molar refractivity (Wildman–Crippen MR) is 53.9 cm³/mol. The Bertz CT molecular complexity index is 485. The SMILES string of the molecule is CCc1ccc2cc(=O)[nH]cc2c1.